The molecule has 12 heteroatoms. The molecule has 0 radical (unpaired) electrons. The van der Waals surface area contributed by atoms with Gasteiger partial charge in [0.25, 0.3) is 0 Å². The van der Waals surface area contributed by atoms with Crippen LogP contribution >= 0.6 is 0 Å². The lowest BCUT2D eigenvalue weighted by Crippen LogP contribution is -2.38. The normalized spacial score (nSPS) is 14.0. The standard InChI is InChI=1S/C33H32FN7O4/c1-2-40-21-36-17-24(40)18-41-29-15-23(33(42)43)6-7-27(29)38-32(41)19-39-12-9-25(10-13-39)45-31-4-3-11-37-28(31)20-44-30-8-5-22(16-35)14-26(30)34/h3-8,11,14-15,17,21,25H,2,9-10,12-13,18-20H2,1H3,(H,42,43). The summed E-state index contributed by atoms with van der Waals surface area (Å²) in [6.07, 6.45) is 6.81. The third-order valence-corrected chi connectivity index (χ3v) is 8.00. The van der Waals surface area contributed by atoms with Crippen molar-refractivity contribution in [1.29, 1.82) is 5.26 Å². The fourth-order valence-corrected chi connectivity index (χ4v) is 5.57. The van der Waals surface area contributed by atoms with Gasteiger partial charge < -0.3 is 23.7 Å². The Balaban J connectivity index is 1.12. The predicted molar refractivity (Wildman–Crippen MR) is 162 cm³/mol. The second kappa shape index (κ2) is 13.2. The van der Waals surface area contributed by atoms with E-state index in [1.54, 1.807) is 36.8 Å². The van der Waals surface area contributed by atoms with Gasteiger partial charge in [-0.05, 0) is 68.3 Å². The zero-order valence-corrected chi connectivity index (χ0v) is 24.8. The van der Waals surface area contributed by atoms with Gasteiger partial charge in [0.2, 0.25) is 0 Å². The maximum Gasteiger partial charge on any atom is 0.335 e. The number of benzene rings is 2. The van der Waals surface area contributed by atoms with E-state index < -0.39 is 11.8 Å². The van der Waals surface area contributed by atoms with Crippen molar-refractivity contribution in [2.24, 2.45) is 0 Å². The van der Waals surface area contributed by atoms with E-state index in [9.17, 15) is 14.3 Å². The molecule has 5 aromatic rings. The predicted octanol–water partition coefficient (Wildman–Crippen LogP) is 5.03. The molecule has 1 aliphatic heterocycles. The first-order valence-electron chi connectivity index (χ1n) is 14.8. The summed E-state index contributed by atoms with van der Waals surface area (Å²) in [6.45, 7) is 5.56. The molecule has 230 valence electrons. The minimum atomic E-state index is -0.975. The molecule has 3 aromatic heterocycles. The van der Waals surface area contributed by atoms with Crippen LogP contribution in [0.25, 0.3) is 11.0 Å². The molecule has 0 unspecified atom stereocenters. The highest BCUT2D eigenvalue weighted by Crippen LogP contribution is 2.26. The van der Waals surface area contributed by atoms with Crippen LogP contribution in [0.3, 0.4) is 0 Å². The largest absolute Gasteiger partial charge is 0.488 e. The van der Waals surface area contributed by atoms with Crippen LogP contribution in [-0.2, 0) is 26.2 Å². The van der Waals surface area contributed by atoms with Gasteiger partial charge in [0.15, 0.2) is 11.6 Å². The summed E-state index contributed by atoms with van der Waals surface area (Å²) in [4.78, 5) is 27.6. The van der Waals surface area contributed by atoms with E-state index in [2.05, 4.69) is 30.9 Å². The van der Waals surface area contributed by atoms with Crippen molar-refractivity contribution in [3.05, 3.63) is 101 Å². The van der Waals surface area contributed by atoms with Gasteiger partial charge in [-0.1, -0.05) is 0 Å². The molecular weight excluding hydrogens is 577 g/mol. The number of carboxylic acids is 1. The molecule has 0 saturated carbocycles. The number of aryl methyl sites for hydroxylation is 1. The van der Waals surface area contributed by atoms with E-state index in [1.165, 1.54) is 12.1 Å². The second-order valence-corrected chi connectivity index (χ2v) is 10.9. The number of carbonyl (C=O) groups is 1. The van der Waals surface area contributed by atoms with Crippen molar-refractivity contribution in [3.63, 3.8) is 0 Å². The highest BCUT2D eigenvalue weighted by atomic mass is 19.1. The van der Waals surface area contributed by atoms with Crippen LogP contribution in [0.5, 0.6) is 11.5 Å². The quantitative estimate of drug-likeness (QED) is 0.219. The molecule has 1 saturated heterocycles. The summed E-state index contributed by atoms with van der Waals surface area (Å²) in [7, 11) is 0. The molecule has 45 heavy (non-hydrogen) atoms. The Hall–Kier alpha value is -5.28. The average molecular weight is 610 g/mol. The van der Waals surface area contributed by atoms with Crippen LogP contribution in [0, 0.1) is 17.1 Å². The molecule has 1 fully saturated rings. The summed E-state index contributed by atoms with van der Waals surface area (Å²) in [5, 5.41) is 18.6. The third-order valence-electron chi connectivity index (χ3n) is 8.00. The van der Waals surface area contributed by atoms with Crippen LogP contribution in [0.1, 0.15) is 52.9 Å². The van der Waals surface area contributed by atoms with E-state index >= 15 is 0 Å². The van der Waals surface area contributed by atoms with Crippen LogP contribution in [0.15, 0.2) is 67.3 Å². The van der Waals surface area contributed by atoms with Crippen LogP contribution < -0.4 is 9.47 Å². The Kier molecular flexibility index (Phi) is 8.70. The summed E-state index contributed by atoms with van der Waals surface area (Å²) >= 11 is 0. The summed E-state index contributed by atoms with van der Waals surface area (Å²) < 4.78 is 30.5. The van der Waals surface area contributed by atoms with Crippen molar-refractivity contribution in [3.8, 4) is 17.6 Å². The SMILES string of the molecule is CCn1cncc1Cn1c(CN2CCC(Oc3cccnc3COc3ccc(C#N)cc3F)CC2)nc2ccc(C(=O)O)cc21. The Bertz CT molecular complexity index is 1870. The number of ether oxygens (including phenoxy) is 2. The lowest BCUT2D eigenvalue weighted by Gasteiger charge is -2.32. The zero-order valence-electron chi connectivity index (χ0n) is 24.8. The van der Waals surface area contributed by atoms with Gasteiger partial charge in [-0.3, -0.25) is 9.88 Å². The molecule has 0 bridgehead atoms. The number of hydrogen-bond acceptors (Lipinski definition) is 8. The first kappa shape index (κ1) is 29.8. The molecular formula is C33H32FN7O4. The Morgan fingerprint density at radius 3 is 2.73 bits per heavy atom. The van der Waals surface area contributed by atoms with Crippen LogP contribution in [-0.4, -0.2) is 59.3 Å². The van der Waals surface area contributed by atoms with Crippen molar-refractivity contribution in [1.82, 2.24) is 29.0 Å². The van der Waals surface area contributed by atoms with E-state index in [0.29, 0.717) is 24.5 Å². The number of rotatable bonds is 11. The third kappa shape index (κ3) is 6.63. The van der Waals surface area contributed by atoms with Crippen LogP contribution in [0.4, 0.5) is 4.39 Å². The fraction of sp³-hybridized carbons (Fsp3) is 0.303. The van der Waals surface area contributed by atoms with E-state index in [4.69, 9.17) is 19.7 Å². The van der Waals surface area contributed by atoms with Gasteiger partial charge in [-0.2, -0.15) is 5.26 Å². The molecule has 2 aromatic carbocycles. The highest BCUT2D eigenvalue weighted by molar-refractivity contribution is 5.92. The Labute approximate surface area is 259 Å². The van der Waals surface area contributed by atoms with E-state index in [0.717, 1.165) is 61.1 Å². The number of hydrogen-bond donors (Lipinski definition) is 1. The molecule has 1 N–H and O–H groups in total. The number of carboxylic acid groups (broad SMARTS) is 1. The van der Waals surface area contributed by atoms with E-state index in [1.807, 2.05) is 18.3 Å². The van der Waals surface area contributed by atoms with Gasteiger partial charge in [0.05, 0.1) is 53.3 Å². The first-order chi connectivity index (χ1) is 21.9. The van der Waals surface area contributed by atoms with Gasteiger partial charge >= 0.3 is 5.97 Å². The highest BCUT2D eigenvalue weighted by Gasteiger charge is 2.24. The number of aromatic nitrogens is 5. The van der Waals surface area contributed by atoms with Gasteiger partial charge in [0, 0.05) is 32.0 Å². The maximum atomic E-state index is 14.3. The summed E-state index contributed by atoms with van der Waals surface area (Å²) in [5.41, 5.74) is 3.55. The summed E-state index contributed by atoms with van der Waals surface area (Å²) in [5.74, 6) is -0.0855. The number of nitrogens with zero attached hydrogens (tertiary/aromatic N) is 7. The molecule has 11 nitrogen and oxygen atoms in total. The molecule has 0 spiro atoms. The summed E-state index contributed by atoms with van der Waals surface area (Å²) in [6, 6.07) is 14.7. The van der Waals surface area contributed by atoms with Crippen molar-refractivity contribution >= 4 is 17.0 Å². The number of likely N-dealkylation sites (tertiary alicyclic amines) is 1. The number of aromatic carboxylic acids is 1. The molecule has 0 amide bonds. The van der Waals surface area contributed by atoms with Gasteiger partial charge in [-0.25, -0.2) is 19.2 Å². The monoisotopic (exact) mass is 609 g/mol. The van der Waals surface area contributed by atoms with Crippen molar-refractivity contribution in [2.45, 2.75) is 52.1 Å². The second-order valence-electron chi connectivity index (χ2n) is 10.9. The van der Waals surface area contributed by atoms with Gasteiger partial charge in [-0.15, -0.1) is 0 Å². The smallest absolute Gasteiger partial charge is 0.335 e. The topological polar surface area (TPSA) is 131 Å². The Morgan fingerprint density at radius 1 is 1.13 bits per heavy atom. The average Bonchev–Trinajstić information content (AvgIpc) is 3.65. The molecule has 4 heterocycles. The van der Waals surface area contributed by atoms with Crippen molar-refractivity contribution in [2.75, 3.05) is 13.1 Å². The minimum absolute atomic E-state index is 0.0224. The maximum absolute atomic E-state index is 14.3. The van der Waals surface area contributed by atoms with E-state index in [-0.39, 0.29) is 29.6 Å². The first-order valence-corrected chi connectivity index (χ1v) is 14.8. The molecule has 0 aliphatic carbocycles. The lowest BCUT2D eigenvalue weighted by atomic mass is 10.1. The number of fused-ring (bicyclic) bond motifs is 1. The number of piperidine rings is 1. The minimum Gasteiger partial charge on any atom is -0.488 e. The number of imidazole rings is 2. The fourth-order valence-electron chi connectivity index (χ4n) is 5.57. The number of nitriles is 1. The van der Waals surface area contributed by atoms with Crippen LogP contribution in [0.2, 0.25) is 0 Å². The van der Waals surface area contributed by atoms with Gasteiger partial charge in [0.1, 0.15) is 30.0 Å². The molecule has 1 aliphatic rings. The molecule has 6 rings (SSSR count). The number of pyridine rings is 1. The zero-order chi connectivity index (χ0) is 31.3. The Morgan fingerprint density at radius 2 is 1.98 bits per heavy atom. The molecule has 0 atom stereocenters. The number of halogens is 1. The van der Waals surface area contributed by atoms with Crippen molar-refractivity contribution < 1.29 is 23.8 Å². The lowest BCUT2D eigenvalue weighted by molar-refractivity contribution is 0.0697.